The van der Waals surface area contributed by atoms with E-state index in [1.54, 1.807) is 0 Å². The fourth-order valence-corrected chi connectivity index (χ4v) is 2.48. The molecule has 0 saturated heterocycles. The maximum Gasteiger partial charge on any atom is 0.305 e. The number of hydrogen-bond donors (Lipinski definition) is 2. The fourth-order valence-electron chi connectivity index (χ4n) is 2.07. The van der Waals surface area contributed by atoms with E-state index in [4.69, 9.17) is 5.11 Å². The van der Waals surface area contributed by atoms with Crippen molar-refractivity contribution in [1.29, 1.82) is 0 Å². The Kier molecular flexibility index (Phi) is 6.89. The van der Waals surface area contributed by atoms with Crippen LogP contribution in [0, 0.1) is 11.8 Å². The molecule has 1 aromatic rings. The number of carboxylic acids is 1. The Bertz CT molecular complexity index is 504. The molecule has 0 aliphatic carbocycles. The average Bonchev–Trinajstić information content (AvgIpc) is 2.44. The summed E-state index contributed by atoms with van der Waals surface area (Å²) in [5.74, 6) is -0.913. The molecule has 0 radical (unpaired) electrons. The lowest BCUT2D eigenvalue weighted by atomic mass is 9.92. The molecule has 0 saturated carbocycles. The minimum Gasteiger partial charge on any atom is -0.481 e. The van der Waals surface area contributed by atoms with Gasteiger partial charge in [0.25, 0.3) is 0 Å². The summed E-state index contributed by atoms with van der Waals surface area (Å²) in [5.41, 5.74) is 0.788. The Morgan fingerprint density at radius 1 is 1.33 bits per heavy atom. The molecule has 5 heteroatoms. The topological polar surface area (TPSA) is 66.4 Å². The molecule has 0 aliphatic heterocycles. The predicted molar refractivity (Wildman–Crippen MR) is 85.9 cm³/mol. The number of nitrogens with one attached hydrogen (secondary N) is 1. The van der Waals surface area contributed by atoms with Crippen LogP contribution in [0.3, 0.4) is 0 Å². The van der Waals surface area contributed by atoms with Crippen molar-refractivity contribution in [2.45, 2.75) is 39.7 Å². The van der Waals surface area contributed by atoms with Crippen molar-refractivity contribution < 1.29 is 14.7 Å². The lowest BCUT2D eigenvalue weighted by molar-refractivity contribution is -0.138. The van der Waals surface area contributed by atoms with Gasteiger partial charge in [0.15, 0.2) is 0 Å². The summed E-state index contributed by atoms with van der Waals surface area (Å²) in [5, 5.41) is 11.9. The average molecular weight is 356 g/mol. The molecular weight excluding hydrogens is 334 g/mol. The van der Waals surface area contributed by atoms with E-state index in [0.29, 0.717) is 0 Å². The van der Waals surface area contributed by atoms with Gasteiger partial charge in [-0.15, -0.1) is 0 Å². The zero-order valence-electron chi connectivity index (χ0n) is 12.6. The Morgan fingerprint density at radius 3 is 2.52 bits per heavy atom. The molecule has 1 rings (SSSR count). The third-order valence-corrected chi connectivity index (χ3v) is 4.35. The van der Waals surface area contributed by atoms with Gasteiger partial charge in [0, 0.05) is 10.4 Å². The van der Waals surface area contributed by atoms with Gasteiger partial charge in [-0.2, -0.15) is 0 Å². The van der Waals surface area contributed by atoms with Crippen molar-refractivity contribution >= 4 is 27.8 Å². The first-order chi connectivity index (χ1) is 9.85. The largest absolute Gasteiger partial charge is 0.481 e. The molecule has 0 bridgehead atoms. The van der Waals surface area contributed by atoms with Gasteiger partial charge >= 0.3 is 5.97 Å². The van der Waals surface area contributed by atoms with Crippen molar-refractivity contribution in [2.24, 2.45) is 11.8 Å². The SMILES string of the molecule is CCC(C)C(C)C(=O)NC(CC(=O)O)c1cccc(Br)c1. The van der Waals surface area contributed by atoms with Gasteiger partial charge in [0.2, 0.25) is 5.91 Å². The summed E-state index contributed by atoms with van der Waals surface area (Å²) >= 11 is 3.37. The van der Waals surface area contributed by atoms with E-state index in [1.807, 2.05) is 45.0 Å². The standard InChI is InChI=1S/C16H22BrNO3/c1-4-10(2)11(3)16(21)18-14(9-15(19)20)12-6-5-7-13(17)8-12/h5-8,10-11,14H,4,9H2,1-3H3,(H,18,21)(H,19,20). The zero-order chi connectivity index (χ0) is 16.0. The molecule has 1 aromatic carbocycles. The maximum atomic E-state index is 12.3. The van der Waals surface area contributed by atoms with Crippen LogP contribution >= 0.6 is 15.9 Å². The van der Waals surface area contributed by atoms with Gasteiger partial charge in [0.1, 0.15) is 0 Å². The van der Waals surface area contributed by atoms with E-state index in [-0.39, 0.29) is 24.2 Å². The molecule has 3 unspecified atom stereocenters. The second-order valence-electron chi connectivity index (χ2n) is 5.39. The normalized spacial score (nSPS) is 15.0. The van der Waals surface area contributed by atoms with Crippen molar-refractivity contribution in [1.82, 2.24) is 5.32 Å². The highest BCUT2D eigenvalue weighted by atomic mass is 79.9. The summed E-state index contributed by atoms with van der Waals surface area (Å²) < 4.78 is 0.861. The first-order valence-electron chi connectivity index (χ1n) is 7.12. The molecule has 0 aliphatic rings. The summed E-state index contributed by atoms with van der Waals surface area (Å²) in [4.78, 5) is 23.3. The third-order valence-electron chi connectivity index (χ3n) is 3.86. The molecule has 21 heavy (non-hydrogen) atoms. The number of carbonyl (C=O) groups is 2. The van der Waals surface area contributed by atoms with Gasteiger partial charge < -0.3 is 10.4 Å². The van der Waals surface area contributed by atoms with Crippen molar-refractivity contribution in [3.8, 4) is 0 Å². The Hall–Kier alpha value is -1.36. The molecule has 0 spiro atoms. The van der Waals surface area contributed by atoms with Gasteiger partial charge in [-0.05, 0) is 23.6 Å². The minimum absolute atomic E-state index is 0.101. The molecule has 0 fully saturated rings. The highest BCUT2D eigenvalue weighted by molar-refractivity contribution is 9.10. The minimum atomic E-state index is -0.934. The van der Waals surface area contributed by atoms with E-state index < -0.39 is 12.0 Å². The van der Waals surface area contributed by atoms with Crippen molar-refractivity contribution in [3.05, 3.63) is 34.3 Å². The van der Waals surface area contributed by atoms with E-state index in [0.717, 1.165) is 16.5 Å². The van der Waals surface area contributed by atoms with Crippen molar-refractivity contribution in [3.63, 3.8) is 0 Å². The predicted octanol–water partition coefficient (Wildman–Crippen LogP) is 3.76. The van der Waals surface area contributed by atoms with Crippen LogP contribution in [0.5, 0.6) is 0 Å². The second kappa shape index (κ2) is 8.17. The van der Waals surface area contributed by atoms with E-state index in [1.165, 1.54) is 0 Å². The molecule has 3 atom stereocenters. The maximum absolute atomic E-state index is 12.3. The first kappa shape index (κ1) is 17.7. The van der Waals surface area contributed by atoms with Crippen LogP contribution in [0.2, 0.25) is 0 Å². The number of amides is 1. The van der Waals surface area contributed by atoms with E-state index >= 15 is 0 Å². The summed E-state index contributed by atoms with van der Waals surface area (Å²) in [6.07, 6.45) is 0.782. The van der Waals surface area contributed by atoms with Crippen LogP contribution in [0.15, 0.2) is 28.7 Å². The number of aliphatic carboxylic acids is 1. The number of carbonyl (C=O) groups excluding carboxylic acids is 1. The molecule has 1 amide bonds. The highest BCUT2D eigenvalue weighted by Gasteiger charge is 2.24. The number of benzene rings is 1. The molecule has 0 aromatic heterocycles. The smallest absolute Gasteiger partial charge is 0.305 e. The fraction of sp³-hybridized carbons (Fsp3) is 0.500. The lowest BCUT2D eigenvalue weighted by Crippen LogP contribution is -2.36. The number of carboxylic acid groups (broad SMARTS) is 1. The van der Waals surface area contributed by atoms with Crippen LogP contribution in [-0.4, -0.2) is 17.0 Å². The quantitative estimate of drug-likeness (QED) is 0.782. The Morgan fingerprint density at radius 2 is 2.00 bits per heavy atom. The summed E-state index contributed by atoms with van der Waals surface area (Å²) in [6.45, 7) is 5.94. The molecular formula is C16H22BrNO3. The zero-order valence-corrected chi connectivity index (χ0v) is 14.2. The Balaban J connectivity index is 2.89. The first-order valence-corrected chi connectivity index (χ1v) is 7.92. The molecule has 4 nitrogen and oxygen atoms in total. The van der Waals surface area contributed by atoms with Gasteiger partial charge in [0.05, 0.1) is 12.5 Å². The highest BCUT2D eigenvalue weighted by Crippen LogP contribution is 2.23. The Labute approximate surface area is 134 Å². The lowest BCUT2D eigenvalue weighted by Gasteiger charge is -2.23. The van der Waals surface area contributed by atoms with Gasteiger partial charge in [-0.3, -0.25) is 9.59 Å². The van der Waals surface area contributed by atoms with Gasteiger partial charge in [-0.1, -0.05) is 55.3 Å². The number of rotatable bonds is 7. The van der Waals surface area contributed by atoms with Crippen molar-refractivity contribution in [2.75, 3.05) is 0 Å². The van der Waals surface area contributed by atoms with E-state index in [2.05, 4.69) is 21.2 Å². The molecule has 0 heterocycles. The van der Waals surface area contributed by atoms with E-state index in [9.17, 15) is 9.59 Å². The van der Waals surface area contributed by atoms with Crippen LogP contribution < -0.4 is 5.32 Å². The monoisotopic (exact) mass is 355 g/mol. The molecule has 2 N–H and O–H groups in total. The van der Waals surface area contributed by atoms with Crippen LogP contribution in [0.25, 0.3) is 0 Å². The van der Waals surface area contributed by atoms with Gasteiger partial charge in [-0.25, -0.2) is 0 Å². The van der Waals surface area contributed by atoms with Crippen LogP contribution in [-0.2, 0) is 9.59 Å². The number of halogens is 1. The third kappa shape index (κ3) is 5.50. The van der Waals surface area contributed by atoms with Crippen LogP contribution in [0.1, 0.15) is 45.2 Å². The summed E-state index contributed by atoms with van der Waals surface area (Å²) in [7, 11) is 0. The number of hydrogen-bond acceptors (Lipinski definition) is 2. The summed E-state index contributed by atoms with van der Waals surface area (Å²) in [6, 6.07) is 6.84. The van der Waals surface area contributed by atoms with Crippen LogP contribution in [0.4, 0.5) is 0 Å². The second-order valence-corrected chi connectivity index (χ2v) is 6.30. The molecule has 116 valence electrons.